The van der Waals surface area contributed by atoms with Gasteiger partial charge in [0.2, 0.25) is 5.91 Å². The van der Waals surface area contributed by atoms with Crippen molar-refractivity contribution in [3.05, 3.63) is 30.2 Å². The molecule has 0 unspecified atom stereocenters. The minimum Gasteiger partial charge on any atom is -0.492 e. The Kier molecular flexibility index (Phi) is 5.43. The van der Waals surface area contributed by atoms with Gasteiger partial charge in [0.25, 0.3) is 5.91 Å². The molecule has 5 rings (SSSR count). The zero-order valence-corrected chi connectivity index (χ0v) is 19.3. The predicted molar refractivity (Wildman–Crippen MR) is 126 cm³/mol. The number of nitrogens with one attached hydrogen (secondary N) is 3. The Morgan fingerprint density at radius 1 is 1.18 bits per heavy atom. The summed E-state index contributed by atoms with van der Waals surface area (Å²) in [6.07, 6.45) is 6.59. The maximum Gasteiger partial charge on any atom is 0.254 e. The number of methoxy groups -OCH3 is 1. The fourth-order valence-corrected chi connectivity index (χ4v) is 6.03. The van der Waals surface area contributed by atoms with Crippen molar-refractivity contribution in [1.82, 2.24) is 15.3 Å². The van der Waals surface area contributed by atoms with Crippen LogP contribution in [0.5, 0.6) is 5.75 Å². The molecule has 11 heteroatoms. The summed E-state index contributed by atoms with van der Waals surface area (Å²) in [5.41, 5.74) is 2.37. The van der Waals surface area contributed by atoms with Gasteiger partial charge in [0.15, 0.2) is 5.75 Å². The van der Waals surface area contributed by atoms with E-state index in [0.29, 0.717) is 28.5 Å². The highest BCUT2D eigenvalue weighted by Crippen LogP contribution is 2.46. The van der Waals surface area contributed by atoms with Crippen LogP contribution in [0.2, 0.25) is 0 Å². The number of hydrogen-bond acceptors (Lipinski definition) is 8. The first-order valence-electron chi connectivity index (χ1n) is 10.8. The Balaban J connectivity index is 1.42. The van der Waals surface area contributed by atoms with Crippen LogP contribution in [0.4, 0.5) is 22.9 Å². The summed E-state index contributed by atoms with van der Waals surface area (Å²) in [6.45, 7) is 1.63. The molecule has 0 atom stereocenters. The molecule has 2 aliphatic heterocycles. The Morgan fingerprint density at radius 2 is 1.94 bits per heavy atom. The van der Waals surface area contributed by atoms with Crippen molar-refractivity contribution in [2.24, 2.45) is 11.3 Å². The van der Waals surface area contributed by atoms with Gasteiger partial charge in [-0.15, -0.1) is 0 Å². The molecule has 0 bridgehead atoms. The first-order chi connectivity index (χ1) is 15.9. The first-order valence-corrected chi connectivity index (χ1v) is 12.3. The van der Waals surface area contributed by atoms with E-state index in [1.165, 1.54) is 6.20 Å². The number of ether oxygens (including phenoxy) is 1. The third-order valence-electron chi connectivity index (χ3n) is 6.25. The molecule has 3 fully saturated rings. The summed E-state index contributed by atoms with van der Waals surface area (Å²) >= 11 is 0. The average Bonchev–Trinajstić information content (AvgIpc) is 3.60. The van der Waals surface area contributed by atoms with Crippen molar-refractivity contribution in [2.75, 3.05) is 54.3 Å². The zero-order chi connectivity index (χ0) is 23.2. The topological polar surface area (TPSA) is 126 Å². The molecule has 0 radical (unpaired) electrons. The van der Waals surface area contributed by atoms with Gasteiger partial charge in [0, 0.05) is 66.0 Å². The summed E-state index contributed by atoms with van der Waals surface area (Å²) in [5, 5.41) is 8.68. The second kappa shape index (κ2) is 8.29. The van der Waals surface area contributed by atoms with Gasteiger partial charge in [-0.1, -0.05) is 0 Å². The van der Waals surface area contributed by atoms with Gasteiger partial charge in [-0.25, -0.2) is 4.98 Å². The molecule has 2 aromatic rings. The molecular weight excluding hydrogens is 444 g/mol. The van der Waals surface area contributed by atoms with E-state index in [-0.39, 0.29) is 23.1 Å². The molecule has 4 heterocycles. The summed E-state index contributed by atoms with van der Waals surface area (Å²) in [4.78, 5) is 35.4. The van der Waals surface area contributed by atoms with Crippen molar-refractivity contribution >= 4 is 45.5 Å². The number of amides is 2. The molecular formula is C22H26N6O4S. The van der Waals surface area contributed by atoms with Crippen LogP contribution in [0, 0.1) is 11.3 Å². The monoisotopic (exact) mass is 470 g/mol. The van der Waals surface area contributed by atoms with E-state index in [1.54, 1.807) is 32.6 Å². The first kappa shape index (κ1) is 21.6. The van der Waals surface area contributed by atoms with Crippen LogP contribution in [-0.4, -0.2) is 64.7 Å². The van der Waals surface area contributed by atoms with E-state index in [4.69, 9.17) is 4.74 Å². The van der Waals surface area contributed by atoms with E-state index >= 15 is 0 Å². The third kappa shape index (κ3) is 4.12. The van der Waals surface area contributed by atoms with E-state index in [1.807, 2.05) is 0 Å². The molecule has 1 spiro atoms. The van der Waals surface area contributed by atoms with E-state index < -0.39 is 10.8 Å². The Morgan fingerprint density at radius 3 is 2.58 bits per heavy atom. The smallest absolute Gasteiger partial charge is 0.254 e. The third-order valence-corrected chi connectivity index (χ3v) is 8.12. The van der Waals surface area contributed by atoms with Crippen LogP contribution in [0.3, 0.4) is 0 Å². The molecule has 2 aromatic heterocycles. The molecule has 2 amide bonds. The highest BCUT2D eigenvalue weighted by Gasteiger charge is 2.52. The van der Waals surface area contributed by atoms with Crippen LogP contribution in [0.25, 0.3) is 0 Å². The van der Waals surface area contributed by atoms with Crippen LogP contribution in [0.15, 0.2) is 24.7 Å². The Bertz CT molecular complexity index is 1140. The number of aromatic nitrogens is 2. The summed E-state index contributed by atoms with van der Waals surface area (Å²) in [7, 11) is 2.44. The minimum atomic E-state index is -0.693. The SMILES string of the molecule is CNC(=O)c1cnc(NC(=O)C2CC2)cc1Nc1cncc(N2CC3(C2)CS(=O)C3)c1OC. The highest BCUT2D eigenvalue weighted by atomic mass is 32.2. The van der Waals surface area contributed by atoms with E-state index in [0.717, 1.165) is 43.1 Å². The van der Waals surface area contributed by atoms with Crippen molar-refractivity contribution in [1.29, 1.82) is 0 Å². The lowest BCUT2D eigenvalue weighted by molar-refractivity contribution is -0.117. The largest absolute Gasteiger partial charge is 0.492 e. The van der Waals surface area contributed by atoms with Crippen molar-refractivity contribution in [2.45, 2.75) is 12.8 Å². The predicted octanol–water partition coefficient (Wildman–Crippen LogP) is 1.51. The molecule has 3 aliphatic rings. The van der Waals surface area contributed by atoms with Gasteiger partial charge in [-0.2, -0.15) is 0 Å². The van der Waals surface area contributed by atoms with Gasteiger partial charge in [0.05, 0.1) is 30.8 Å². The second-order valence-corrected chi connectivity index (χ2v) is 10.4. The molecule has 174 valence electrons. The highest BCUT2D eigenvalue weighted by molar-refractivity contribution is 7.86. The van der Waals surface area contributed by atoms with Gasteiger partial charge in [0.1, 0.15) is 17.2 Å². The number of rotatable bonds is 7. The molecule has 33 heavy (non-hydrogen) atoms. The lowest BCUT2D eigenvalue weighted by atomic mass is 9.82. The van der Waals surface area contributed by atoms with Crippen molar-refractivity contribution < 1.29 is 18.5 Å². The standard InChI is InChI=1S/C22H26N6O4S/c1-23-21(30)14-6-25-18(27-20(29)13-3-4-13)5-15(14)26-16-7-24-8-17(19(16)32-2)28-9-22(10-28)11-33(31)12-22/h5-8,13H,3-4,9-12H2,1-2H3,(H,23,30)(H2,25,26,27,29). The number of hydrogen-bond donors (Lipinski definition) is 3. The average molecular weight is 471 g/mol. The van der Waals surface area contributed by atoms with Crippen molar-refractivity contribution in [3.63, 3.8) is 0 Å². The Hall–Kier alpha value is -3.21. The van der Waals surface area contributed by atoms with Crippen LogP contribution in [-0.2, 0) is 15.6 Å². The number of carbonyl (C=O) groups excluding carboxylic acids is 2. The van der Waals surface area contributed by atoms with Gasteiger partial charge in [-0.05, 0) is 12.8 Å². The van der Waals surface area contributed by atoms with Gasteiger partial charge >= 0.3 is 0 Å². The maximum absolute atomic E-state index is 12.4. The zero-order valence-electron chi connectivity index (χ0n) is 18.5. The summed E-state index contributed by atoms with van der Waals surface area (Å²) in [5.74, 6) is 2.13. The fourth-order valence-electron chi connectivity index (χ4n) is 4.39. The van der Waals surface area contributed by atoms with Crippen molar-refractivity contribution in [3.8, 4) is 5.75 Å². The van der Waals surface area contributed by atoms with Crippen LogP contribution >= 0.6 is 0 Å². The van der Waals surface area contributed by atoms with Gasteiger partial charge < -0.3 is 25.6 Å². The minimum absolute atomic E-state index is 0.0377. The number of anilines is 4. The molecule has 1 aliphatic carbocycles. The van der Waals surface area contributed by atoms with E-state index in [2.05, 4.69) is 30.8 Å². The molecule has 0 aromatic carbocycles. The maximum atomic E-state index is 12.4. The summed E-state index contributed by atoms with van der Waals surface area (Å²) < 4.78 is 17.3. The van der Waals surface area contributed by atoms with Crippen LogP contribution in [0.1, 0.15) is 23.2 Å². The number of nitrogens with zero attached hydrogens (tertiary/aromatic N) is 3. The summed E-state index contributed by atoms with van der Waals surface area (Å²) in [6, 6.07) is 1.64. The molecule has 2 saturated heterocycles. The lowest BCUT2D eigenvalue weighted by Crippen LogP contribution is -2.67. The molecule has 1 saturated carbocycles. The second-order valence-electron chi connectivity index (χ2n) is 8.91. The fraction of sp³-hybridized carbons (Fsp3) is 0.455. The number of carbonyl (C=O) groups is 2. The molecule has 3 N–H and O–H groups in total. The molecule has 10 nitrogen and oxygen atoms in total. The van der Waals surface area contributed by atoms with Crippen LogP contribution < -0.4 is 25.6 Å². The Labute approximate surface area is 194 Å². The number of pyridine rings is 2. The lowest BCUT2D eigenvalue weighted by Gasteiger charge is -2.55. The quantitative estimate of drug-likeness (QED) is 0.556. The van der Waals surface area contributed by atoms with Gasteiger partial charge in [-0.3, -0.25) is 18.8 Å². The van der Waals surface area contributed by atoms with E-state index in [9.17, 15) is 13.8 Å². The normalized spacial score (nSPS) is 18.8.